The molecule has 0 heterocycles. The highest BCUT2D eigenvalue weighted by molar-refractivity contribution is 6.30. The molecule has 1 aromatic rings. The second kappa shape index (κ2) is 5.21. The second-order valence-electron chi connectivity index (χ2n) is 3.20. The largest absolute Gasteiger partial charge is 0.397 e. The molecule has 2 nitrogen and oxygen atoms in total. The third-order valence-electron chi connectivity index (χ3n) is 1.76. The summed E-state index contributed by atoms with van der Waals surface area (Å²) in [5, 5.41) is 2.71. The van der Waals surface area contributed by atoms with Crippen LogP contribution in [0.4, 0.5) is 13.2 Å². The maximum atomic E-state index is 11.8. The zero-order valence-corrected chi connectivity index (χ0v) is 8.90. The fraction of sp³-hybridized carbons (Fsp3) is 0.300. The first-order valence-electron chi connectivity index (χ1n) is 4.45. The summed E-state index contributed by atoms with van der Waals surface area (Å²) < 4.78 is 35.4. The summed E-state index contributed by atoms with van der Waals surface area (Å²) >= 11 is 5.63. The number of nitrogens with one attached hydrogen (secondary N) is 1. The Hall–Kier alpha value is -1.23. The highest BCUT2D eigenvalue weighted by Gasteiger charge is 2.30. The molecule has 0 aliphatic carbocycles. The van der Waals surface area contributed by atoms with Gasteiger partial charge in [-0.15, -0.1) is 0 Å². The molecule has 0 saturated heterocycles. The van der Waals surface area contributed by atoms with E-state index < -0.39 is 18.5 Å². The van der Waals surface area contributed by atoms with Gasteiger partial charge in [0.05, 0.1) is 0 Å². The second-order valence-corrected chi connectivity index (χ2v) is 3.63. The first-order valence-corrected chi connectivity index (χ1v) is 4.82. The van der Waals surface area contributed by atoms with Crippen molar-refractivity contribution in [3.63, 3.8) is 0 Å². The molecule has 0 fully saturated rings. The zero-order valence-electron chi connectivity index (χ0n) is 8.14. The Balaban J connectivity index is 2.40. The van der Waals surface area contributed by atoms with E-state index in [2.05, 4.69) is 5.32 Å². The van der Waals surface area contributed by atoms with Crippen molar-refractivity contribution in [3.8, 4) is 0 Å². The summed E-state index contributed by atoms with van der Waals surface area (Å²) in [5.41, 5.74) is 0.694. The topological polar surface area (TPSA) is 29.1 Å². The lowest BCUT2D eigenvalue weighted by Gasteiger charge is -2.07. The van der Waals surface area contributed by atoms with Crippen molar-refractivity contribution in [3.05, 3.63) is 34.9 Å². The van der Waals surface area contributed by atoms with Gasteiger partial charge in [0, 0.05) is 11.6 Å². The van der Waals surface area contributed by atoms with Crippen molar-refractivity contribution in [2.24, 2.45) is 0 Å². The first-order chi connectivity index (χ1) is 7.37. The molecule has 6 heteroatoms. The maximum Gasteiger partial charge on any atom is 0.397 e. The van der Waals surface area contributed by atoms with Gasteiger partial charge in [-0.1, -0.05) is 23.7 Å². The number of hydrogen-bond acceptors (Lipinski definition) is 1. The number of carbonyl (C=O) groups excluding carboxylic acids is 1. The predicted octanol–water partition coefficient (Wildman–Crippen LogP) is 2.91. The monoisotopic (exact) mass is 251 g/mol. The van der Waals surface area contributed by atoms with Crippen molar-refractivity contribution >= 4 is 17.5 Å². The quantitative estimate of drug-likeness (QED) is 0.879. The van der Waals surface area contributed by atoms with Gasteiger partial charge in [-0.2, -0.15) is 13.2 Å². The molecule has 0 bridgehead atoms. The summed E-state index contributed by atoms with van der Waals surface area (Å²) in [6.45, 7) is 0.0616. The zero-order chi connectivity index (χ0) is 12.2. The lowest BCUT2D eigenvalue weighted by Crippen LogP contribution is -2.28. The molecule has 0 unspecified atom stereocenters. The van der Waals surface area contributed by atoms with Crippen LogP contribution in [-0.4, -0.2) is 12.1 Å². The SMILES string of the molecule is O=C(CC(F)(F)F)NCc1ccc(Cl)cc1. The van der Waals surface area contributed by atoms with Crippen LogP contribution in [0.1, 0.15) is 12.0 Å². The number of benzene rings is 1. The van der Waals surface area contributed by atoms with E-state index in [9.17, 15) is 18.0 Å². The van der Waals surface area contributed by atoms with Gasteiger partial charge in [0.1, 0.15) is 6.42 Å². The fourth-order valence-corrected chi connectivity index (χ4v) is 1.17. The Bertz CT molecular complexity index is 361. The molecular formula is C10H9ClF3NO. The highest BCUT2D eigenvalue weighted by Crippen LogP contribution is 2.19. The molecule has 0 spiro atoms. The van der Waals surface area contributed by atoms with E-state index in [1.807, 2.05) is 0 Å². The van der Waals surface area contributed by atoms with Gasteiger partial charge in [-0.05, 0) is 17.7 Å². The maximum absolute atomic E-state index is 11.8. The molecule has 1 aromatic carbocycles. The average molecular weight is 252 g/mol. The molecule has 0 aromatic heterocycles. The lowest BCUT2D eigenvalue weighted by molar-refractivity contribution is -0.153. The number of halogens is 4. The molecule has 0 radical (unpaired) electrons. The van der Waals surface area contributed by atoms with Crippen LogP contribution in [0.2, 0.25) is 5.02 Å². The summed E-state index contributed by atoms with van der Waals surface area (Å²) in [6.07, 6.45) is -5.93. The van der Waals surface area contributed by atoms with Crippen molar-refractivity contribution in [1.82, 2.24) is 5.32 Å². The van der Waals surface area contributed by atoms with Crippen LogP contribution in [0.3, 0.4) is 0 Å². The minimum Gasteiger partial charge on any atom is -0.352 e. The molecule has 88 valence electrons. The smallest absolute Gasteiger partial charge is 0.352 e. The van der Waals surface area contributed by atoms with Crippen molar-refractivity contribution < 1.29 is 18.0 Å². The van der Waals surface area contributed by atoms with Gasteiger partial charge in [0.25, 0.3) is 0 Å². The Morgan fingerprint density at radius 3 is 2.31 bits per heavy atom. The van der Waals surface area contributed by atoms with E-state index in [4.69, 9.17) is 11.6 Å². The molecule has 16 heavy (non-hydrogen) atoms. The van der Waals surface area contributed by atoms with E-state index >= 15 is 0 Å². The molecule has 0 aliphatic rings. The van der Waals surface area contributed by atoms with Crippen LogP contribution in [0.15, 0.2) is 24.3 Å². The van der Waals surface area contributed by atoms with E-state index in [0.29, 0.717) is 10.6 Å². The van der Waals surface area contributed by atoms with Crippen LogP contribution < -0.4 is 5.32 Å². The molecule has 1 amide bonds. The van der Waals surface area contributed by atoms with E-state index in [1.165, 1.54) is 0 Å². The molecule has 0 atom stereocenters. The Morgan fingerprint density at radius 1 is 1.25 bits per heavy atom. The van der Waals surface area contributed by atoms with Crippen molar-refractivity contribution in [2.45, 2.75) is 19.1 Å². The third kappa shape index (κ3) is 5.02. The first kappa shape index (κ1) is 12.8. The highest BCUT2D eigenvalue weighted by atomic mass is 35.5. The van der Waals surface area contributed by atoms with Crippen molar-refractivity contribution in [1.29, 1.82) is 0 Å². The molecule has 1 rings (SSSR count). The van der Waals surface area contributed by atoms with Gasteiger partial charge < -0.3 is 5.32 Å². The number of alkyl halides is 3. The number of carbonyl (C=O) groups is 1. The molecular weight excluding hydrogens is 243 g/mol. The van der Waals surface area contributed by atoms with Gasteiger partial charge in [0.15, 0.2) is 0 Å². The summed E-state index contributed by atoms with van der Waals surface area (Å²) in [6, 6.07) is 6.48. The number of rotatable bonds is 3. The van der Waals surface area contributed by atoms with Crippen LogP contribution in [0.25, 0.3) is 0 Å². The average Bonchev–Trinajstić information content (AvgIpc) is 2.14. The standard InChI is InChI=1S/C10H9ClF3NO/c11-8-3-1-7(2-4-8)6-15-9(16)5-10(12,13)14/h1-4H,5-6H2,(H,15,16). The molecule has 1 N–H and O–H groups in total. The van der Waals surface area contributed by atoms with Crippen LogP contribution in [-0.2, 0) is 11.3 Å². The summed E-state index contributed by atoms with van der Waals surface area (Å²) in [5.74, 6) is -1.04. The minimum atomic E-state index is -4.47. The Kier molecular flexibility index (Phi) is 4.18. The van der Waals surface area contributed by atoms with Crippen LogP contribution >= 0.6 is 11.6 Å². The number of hydrogen-bond donors (Lipinski definition) is 1. The van der Waals surface area contributed by atoms with Crippen molar-refractivity contribution in [2.75, 3.05) is 0 Å². The number of amides is 1. The van der Waals surface area contributed by atoms with E-state index in [-0.39, 0.29) is 6.54 Å². The summed E-state index contributed by atoms with van der Waals surface area (Å²) in [4.78, 5) is 10.8. The van der Waals surface area contributed by atoms with E-state index in [0.717, 1.165) is 0 Å². The Morgan fingerprint density at radius 2 is 1.81 bits per heavy atom. The third-order valence-corrected chi connectivity index (χ3v) is 2.02. The fourth-order valence-electron chi connectivity index (χ4n) is 1.05. The lowest BCUT2D eigenvalue weighted by atomic mass is 10.2. The van der Waals surface area contributed by atoms with Gasteiger partial charge in [-0.3, -0.25) is 4.79 Å². The van der Waals surface area contributed by atoms with Crippen LogP contribution in [0, 0.1) is 0 Å². The molecule has 0 aliphatic heterocycles. The predicted molar refractivity (Wildman–Crippen MR) is 54.0 cm³/mol. The van der Waals surface area contributed by atoms with Gasteiger partial charge in [0.2, 0.25) is 5.91 Å². The van der Waals surface area contributed by atoms with E-state index in [1.54, 1.807) is 24.3 Å². The van der Waals surface area contributed by atoms with Crippen LogP contribution in [0.5, 0.6) is 0 Å². The van der Waals surface area contributed by atoms with Gasteiger partial charge >= 0.3 is 6.18 Å². The normalized spacial score (nSPS) is 11.2. The van der Waals surface area contributed by atoms with Gasteiger partial charge in [-0.25, -0.2) is 0 Å². The summed E-state index contributed by atoms with van der Waals surface area (Å²) in [7, 11) is 0. The Labute approximate surface area is 95.4 Å². The molecule has 0 saturated carbocycles. The minimum absolute atomic E-state index is 0.0616.